The maximum Gasteiger partial charge on any atom is 0.338 e. The van der Waals surface area contributed by atoms with E-state index in [1.54, 1.807) is 15.4 Å². The molecule has 9 heteroatoms. The number of fused-ring (bicyclic) bond motifs is 2. The molecule has 162 valence electrons. The average molecular weight is 430 g/mol. The summed E-state index contributed by atoms with van der Waals surface area (Å²) in [6.45, 7) is 5.47. The second kappa shape index (κ2) is 7.54. The van der Waals surface area contributed by atoms with Crippen LogP contribution in [0.5, 0.6) is 0 Å². The first-order valence-electron chi connectivity index (χ1n) is 10.6. The Morgan fingerprint density at radius 2 is 2.12 bits per heavy atom. The van der Waals surface area contributed by atoms with E-state index in [0.717, 1.165) is 53.4 Å². The SMILES string of the molecule is Cc1c([C@@H]2CN(Cc3cnn(-c4ccn5nccc5n4)c3)CCO2)ccc2c1COC2=O. The fraction of sp³-hybridized carbons (Fsp3) is 0.304. The molecule has 1 atom stereocenters. The fourth-order valence-electron chi connectivity index (χ4n) is 4.51. The van der Waals surface area contributed by atoms with Gasteiger partial charge in [0.25, 0.3) is 0 Å². The van der Waals surface area contributed by atoms with Gasteiger partial charge in [-0.1, -0.05) is 6.07 Å². The Morgan fingerprint density at radius 1 is 1.19 bits per heavy atom. The van der Waals surface area contributed by atoms with Crippen molar-refractivity contribution in [2.75, 3.05) is 19.7 Å². The molecule has 6 rings (SSSR count). The Hall–Kier alpha value is -3.56. The molecule has 0 radical (unpaired) electrons. The maximum atomic E-state index is 11.8. The molecule has 0 saturated carbocycles. The molecule has 0 bridgehead atoms. The van der Waals surface area contributed by atoms with Gasteiger partial charge >= 0.3 is 5.97 Å². The van der Waals surface area contributed by atoms with Crippen LogP contribution in [0.3, 0.4) is 0 Å². The first kappa shape index (κ1) is 19.1. The molecule has 32 heavy (non-hydrogen) atoms. The van der Waals surface area contributed by atoms with Gasteiger partial charge in [-0.25, -0.2) is 19.0 Å². The van der Waals surface area contributed by atoms with Gasteiger partial charge in [-0.3, -0.25) is 4.90 Å². The summed E-state index contributed by atoms with van der Waals surface area (Å²) in [7, 11) is 0. The normalized spacial score (nSPS) is 18.8. The van der Waals surface area contributed by atoms with Gasteiger partial charge < -0.3 is 9.47 Å². The molecule has 0 unspecified atom stereocenters. The van der Waals surface area contributed by atoms with Crippen LogP contribution >= 0.6 is 0 Å². The lowest BCUT2D eigenvalue weighted by molar-refractivity contribution is -0.0332. The number of morpholine rings is 1. The van der Waals surface area contributed by atoms with Gasteiger partial charge in [0, 0.05) is 55.3 Å². The molecule has 3 aromatic heterocycles. The zero-order chi connectivity index (χ0) is 21.7. The minimum absolute atomic E-state index is 0.0364. The predicted octanol–water partition coefficient (Wildman–Crippen LogP) is 2.47. The molecular formula is C23H22N6O3. The monoisotopic (exact) mass is 430 g/mol. The van der Waals surface area contributed by atoms with Gasteiger partial charge in [-0.2, -0.15) is 10.2 Å². The van der Waals surface area contributed by atoms with Crippen LogP contribution < -0.4 is 0 Å². The Kier molecular flexibility index (Phi) is 4.51. The first-order valence-corrected chi connectivity index (χ1v) is 10.6. The standard InChI is InChI=1S/C23H22N6O3/c1-15-17(2-3-18-19(15)14-32-23(18)30)20-13-27(8-9-31-20)11-16-10-25-29(12-16)22-5-7-28-21(26-22)4-6-24-28/h2-7,10,12,20H,8-9,11,13-14H2,1H3/t20-/m0/s1. The third-order valence-electron chi connectivity index (χ3n) is 6.23. The second-order valence-electron chi connectivity index (χ2n) is 8.19. The number of carbonyl (C=O) groups excluding carboxylic acids is 1. The Labute approximate surface area is 184 Å². The molecular weight excluding hydrogens is 408 g/mol. The van der Waals surface area contributed by atoms with Gasteiger partial charge in [0.15, 0.2) is 11.5 Å². The smallest absolute Gasteiger partial charge is 0.338 e. The number of rotatable bonds is 4. The van der Waals surface area contributed by atoms with E-state index in [1.165, 1.54) is 0 Å². The van der Waals surface area contributed by atoms with Crippen molar-refractivity contribution in [2.24, 2.45) is 0 Å². The van der Waals surface area contributed by atoms with Crippen LogP contribution in [0, 0.1) is 6.92 Å². The van der Waals surface area contributed by atoms with Crippen molar-refractivity contribution in [1.29, 1.82) is 0 Å². The minimum atomic E-state index is -0.236. The Morgan fingerprint density at radius 3 is 3.06 bits per heavy atom. The van der Waals surface area contributed by atoms with Crippen molar-refractivity contribution < 1.29 is 14.3 Å². The highest BCUT2D eigenvalue weighted by atomic mass is 16.5. The van der Waals surface area contributed by atoms with Crippen LogP contribution in [0.2, 0.25) is 0 Å². The molecule has 5 heterocycles. The minimum Gasteiger partial charge on any atom is -0.457 e. The molecule has 4 aromatic rings. The number of benzene rings is 1. The highest BCUT2D eigenvalue weighted by molar-refractivity contribution is 5.93. The van der Waals surface area contributed by atoms with Crippen molar-refractivity contribution in [2.45, 2.75) is 26.2 Å². The van der Waals surface area contributed by atoms with Gasteiger partial charge in [-0.15, -0.1) is 0 Å². The van der Waals surface area contributed by atoms with Crippen LogP contribution in [-0.4, -0.2) is 54.9 Å². The molecule has 0 aliphatic carbocycles. The van der Waals surface area contributed by atoms with Crippen LogP contribution in [0.15, 0.2) is 49.1 Å². The maximum absolute atomic E-state index is 11.8. The number of esters is 1. The zero-order valence-electron chi connectivity index (χ0n) is 17.6. The van der Waals surface area contributed by atoms with Crippen LogP contribution in [0.4, 0.5) is 0 Å². The molecule has 2 aliphatic rings. The average Bonchev–Trinajstić information content (AvgIpc) is 3.54. The van der Waals surface area contributed by atoms with Crippen LogP contribution in [-0.2, 0) is 22.6 Å². The lowest BCUT2D eigenvalue weighted by atomic mass is 9.94. The molecule has 1 aromatic carbocycles. The highest BCUT2D eigenvalue weighted by Gasteiger charge is 2.29. The third kappa shape index (κ3) is 3.26. The van der Waals surface area contributed by atoms with Gasteiger partial charge in [0.2, 0.25) is 0 Å². The largest absolute Gasteiger partial charge is 0.457 e. The van der Waals surface area contributed by atoms with E-state index in [9.17, 15) is 4.79 Å². The zero-order valence-corrected chi connectivity index (χ0v) is 17.6. The van der Waals surface area contributed by atoms with Crippen molar-refractivity contribution in [1.82, 2.24) is 29.3 Å². The first-order chi connectivity index (χ1) is 15.7. The number of aromatic nitrogens is 5. The quantitative estimate of drug-likeness (QED) is 0.460. The molecule has 2 aliphatic heterocycles. The highest BCUT2D eigenvalue weighted by Crippen LogP contribution is 2.32. The van der Waals surface area contributed by atoms with E-state index >= 15 is 0 Å². The number of cyclic esters (lactones) is 1. The fourth-order valence-corrected chi connectivity index (χ4v) is 4.51. The van der Waals surface area contributed by atoms with Crippen molar-refractivity contribution in [3.05, 3.63) is 76.9 Å². The molecule has 0 N–H and O–H groups in total. The molecule has 0 amide bonds. The van der Waals surface area contributed by atoms with Crippen LogP contribution in [0.1, 0.15) is 38.7 Å². The van der Waals surface area contributed by atoms with Crippen LogP contribution in [0.25, 0.3) is 11.5 Å². The summed E-state index contributed by atoms with van der Waals surface area (Å²) in [5.74, 6) is 0.523. The van der Waals surface area contributed by atoms with Gasteiger partial charge in [0.1, 0.15) is 6.61 Å². The van der Waals surface area contributed by atoms with E-state index in [0.29, 0.717) is 18.8 Å². The number of nitrogens with zero attached hydrogens (tertiary/aromatic N) is 6. The molecule has 1 fully saturated rings. The van der Waals surface area contributed by atoms with Gasteiger partial charge in [-0.05, 0) is 24.1 Å². The summed E-state index contributed by atoms with van der Waals surface area (Å²) in [6.07, 6.45) is 7.47. The van der Waals surface area contributed by atoms with E-state index < -0.39 is 0 Å². The summed E-state index contributed by atoms with van der Waals surface area (Å²) in [5.41, 5.74) is 5.78. The van der Waals surface area contributed by atoms with E-state index in [4.69, 9.17) is 9.47 Å². The van der Waals surface area contributed by atoms with E-state index in [2.05, 4.69) is 20.1 Å². The van der Waals surface area contributed by atoms with E-state index in [1.807, 2.05) is 49.8 Å². The second-order valence-corrected chi connectivity index (χ2v) is 8.19. The van der Waals surface area contributed by atoms with Crippen molar-refractivity contribution in [3.63, 3.8) is 0 Å². The topological polar surface area (TPSA) is 86.8 Å². The number of hydrogen-bond acceptors (Lipinski definition) is 7. The molecule has 1 saturated heterocycles. The summed E-state index contributed by atoms with van der Waals surface area (Å²) in [6, 6.07) is 7.63. The van der Waals surface area contributed by atoms with Crippen molar-refractivity contribution >= 4 is 11.6 Å². The summed E-state index contributed by atoms with van der Waals surface area (Å²) in [4.78, 5) is 18.8. The van der Waals surface area contributed by atoms with Gasteiger partial charge in [0.05, 0.1) is 30.7 Å². The number of hydrogen-bond donors (Lipinski definition) is 0. The molecule has 9 nitrogen and oxygen atoms in total. The lowest BCUT2D eigenvalue weighted by Gasteiger charge is -2.33. The summed E-state index contributed by atoms with van der Waals surface area (Å²) < 4.78 is 14.8. The van der Waals surface area contributed by atoms with E-state index in [-0.39, 0.29) is 12.1 Å². The summed E-state index contributed by atoms with van der Waals surface area (Å²) in [5, 5.41) is 8.68. The molecule has 0 spiro atoms. The predicted molar refractivity (Wildman–Crippen MR) is 114 cm³/mol. The Bertz CT molecular complexity index is 1330. The Balaban J connectivity index is 1.18. The number of carbonyl (C=O) groups is 1. The summed E-state index contributed by atoms with van der Waals surface area (Å²) >= 11 is 0. The van der Waals surface area contributed by atoms with Crippen molar-refractivity contribution in [3.8, 4) is 5.82 Å². The lowest BCUT2D eigenvalue weighted by Crippen LogP contribution is -2.38. The third-order valence-corrected chi connectivity index (χ3v) is 6.23. The number of ether oxygens (including phenoxy) is 2.